The summed E-state index contributed by atoms with van der Waals surface area (Å²) in [6.07, 6.45) is 3.56. The molecule has 0 fully saturated rings. The first-order chi connectivity index (χ1) is 7.97. The fraction of sp³-hybridized carbons (Fsp3) is 0.455. The van der Waals surface area contributed by atoms with Crippen molar-refractivity contribution in [3.63, 3.8) is 0 Å². The second-order valence-corrected chi connectivity index (χ2v) is 8.27. The molecule has 0 aromatic carbocycles. The van der Waals surface area contributed by atoms with Gasteiger partial charge in [0.2, 0.25) is 5.89 Å². The molecule has 4 nitrogen and oxygen atoms in total. The second kappa shape index (κ2) is 4.70. The van der Waals surface area contributed by atoms with Crippen molar-refractivity contribution in [2.75, 3.05) is 5.73 Å². The normalized spacial score (nSPS) is 13.0. The molecule has 17 heavy (non-hydrogen) atoms. The Balaban J connectivity index is 2.01. The number of aromatic nitrogens is 2. The van der Waals surface area contributed by atoms with E-state index in [2.05, 4.69) is 30.7 Å². The number of anilines is 1. The molecule has 6 heteroatoms. The van der Waals surface area contributed by atoms with Crippen LogP contribution in [0.25, 0.3) is 0 Å². The third kappa shape index (κ3) is 3.01. The average molecular weight is 270 g/mol. The van der Waals surface area contributed by atoms with E-state index in [1.807, 2.05) is 5.38 Å². The van der Waals surface area contributed by atoms with Crippen molar-refractivity contribution in [2.24, 2.45) is 0 Å². The van der Waals surface area contributed by atoms with Crippen LogP contribution in [0.2, 0.25) is 0 Å². The van der Waals surface area contributed by atoms with E-state index in [0.717, 1.165) is 17.4 Å². The molecule has 0 aliphatic carbocycles. The molecule has 2 rings (SSSR count). The van der Waals surface area contributed by atoms with Crippen LogP contribution in [0, 0.1) is 0 Å². The predicted octanol–water partition coefficient (Wildman–Crippen LogP) is 3.39. The molecule has 0 aliphatic rings. The summed E-state index contributed by atoms with van der Waals surface area (Å²) in [6, 6.07) is 0. The van der Waals surface area contributed by atoms with Gasteiger partial charge in [0.15, 0.2) is 5.38 Å². The van der Waals surface area contributed by atoms with Gasteiger partial charge >= 0.3 is 5.13 Å². The lowest BCUT2D eigenvalue weighted by molar-refractivity contribution is 0.391. The van der Waals surface area contributed by atoms with E-state index in [9.17, 15) is 0 Å². The zero-order chi connectivity index (χ0) is 12.5. The Morgan fingerprint density at radius 2 is 2.18 bits per heavy atom. The van der Waals surface area contributed by atoms with Gasteiger partial charge in [0.1, 0.15) is 22.3 Å². The van der Waals surface area contributed by atoms with Gasteiger partial charge < -0.3 is 10.2 Å². The number of nitrogens with zero attached hydrogens (tertiary/aromatic N) is 2. The number of oxazole rings is 1. The number of rotatable bonds is 3. The Morgan fingerprint density at radius 3 is 2.71 bits per heavy atom. The van der Waals surface area contributed by atoms with Gasteiger partial charge in [0.25, 0.3) is 0 Å². The summed E-state index contributed by atoms with van der Waals surface area (Å²) in [6.45, 7) is 6.32. The third-order valence-corrected chi connectivity index (χ3v) is 5.66. The number of nitrogen functional groups attached to an aromatic ring is 1. The van der Waals surface area contributed by atoms with Crippen molar-refractivity contribution in [1.82, 2.24) is 9.97 Å². The molecule has 92 valence electrons. The summed E-state index contributed by atoms with van der Waals surface area (Å²) in [7, 11) is 1.58. The van der Waals surface area contributed by atoms with Crippen LogP contribution >= 0.6 is 20.3 Å². The molecular weight excluding hydrogens is 254 g/mol. The molecule has 2 aromatic rings. The van der Waals surface area contributed by atoms with Crippen LogP contribution < -0.4 is 5.73 Å². The van der Waals surface area contributed by atoms with E-state index in [1.165, 1.54) is 0 Å². The highest BCUT2D eigenvalue weighted by Gasteiger charge is 2.21. The summed E-state index contributed by atoms with van der Waals surface area (Å²) in [4.78, 5) is 8.31. The first kappa shape index (κ1) is 12.4. The van der Waals surface area contributed by atoms with Crippen molar-refractivity contribution in [2.45, 2.75) is 31.9 Å². The van der Waals surface area contributed by atoms with E-state index >= 15 is 0 Å². The number of hydrogen-bond donors (Lipinski definition) is 1. The topological polar surface area (TPSA) is 64.9 Å². The smallest absolute Gasteiger partial charge is 0.350 e. The molecule has 2 heterocycles. The summed E-state index contributed by atoms with van der Waals surface area (Å²) < 4.78 is 5.71. The highest BCUT2D eigenvalue weighted by Crippen LogP contribution is 2.39. The minimum atomic E-state index is -0.121. The Hall–Kier alpha value is -1.01. The molecule has 1 unspecified atom stereocenters. The third-order valence-electron chi connectivity index (χ3n) is 2.19. The quantitative estimate of drug-likeness (QED) is 0.684. The van der Waals surface area contributed by atoms with E-state index in [0.29, 0.717) is 5.13 Å². The van der Waals surface area contributed by atoms with Crippen LogP contribution in [-0.2, 0) is 11.2 Å². The standard InChI is InChI=1S/C11H16N3OS2/c1-11(2,3)8-6-14-9(15-8)7-16-17-5-4-13-10(17)12/h4-6H,7H2,1-3H3,(H2,12,13)/q+1. The van der Waals surface area contributed by atoms with Crippen molar-refractivity contribution in [3.8, 4) is 0 Å². The zero-order valence-corrected chi connectivity index (χ0v) is 11.8. The van der Waals surface area contributed by atoms with Crippen molar-refractivity contribution < 1.29 is 4.42 Å². The molecule has 0 saturated carbocycles. The van der Waals surface area contributed by atoms with E-state index < -0.39 is 0 Å². The monoisotopic (exact) mass is 270 g/mol. The zero-order valence-electron chi connectivity index (χ0n) is 10.1. The first-order valence-corrected chi connectivity index (χ1v) is 8.07. The molecule has 0 saturated heterocycles. The maximum absolute atomic E-state index is 5.75. The van der Waals surface area contributed by atoms with E-state index in [1.54, 1.807) is 23.2 Å². The number of thiazole rings is 1. The van der Waals surface area contributed by atoms with Crippen molar-refractivity contribution in [1.29, 1.82) is 0 Å². The van der Waals surface area contributed by atoms with E-state index in [-0.39, 0.29) is 14.9 Å². The van der Waals surface area contributed by atoms with Crippen LogP contribution in [0.5, 0.6) is 0 Å². The molecular formula is C11H16N3OS2+. The summed E-state index contributed by atoms with van der Waals surface area (Å²) in [5, 5.41) is 2.69. The largest absolute Gasteiger partial charge is 0.444 e. The minimum absolute atomic E-state index is 0.00590. The van der Waals surface area contributed by atoms with Crippen LogP contribution in [-0.4, -0.2) is 9.97 Å². The highest BCUT2D eigenvalue weighted by atomic mass is 33.1. The Bertz CT molecular complexity index is 499. The van der Waals surface area contributed by atoms with Gasteiger partial charge in [-0.05, 0) is 0 Å². The van der Waals surface area contributed by atoms with Gasteiger partial charge in [-0.25, -0.2) is 4.98 Å². The molecule has 2 N–H and O–H groups in total. The van der Waals surface area contributed by atoms with Crippen LogP contribution in [0.15, 0.2) is 22.2 Å². The highest BCUT2D eigenvalue weighted by molar-refractivity contribution is 8.45. The van der Waals surface area contributed by atoms with Crippen LogP contribution in [0.4, 0.5) is 5.13 Å². The lowest BCUT2D eigenvalue weighted by Crippen LogP contribution is -2.09. The van der Waals surface area contributed by atoms with Gasteiger partial charge in [-0.15, -0.1) is 0 Å². The van der Waals surface area contributed by atoms with Gasteiger partial charge in [0.05, 0.1) is 21.9 Å². The summed E-state index contributed by atoms with van der Waals surface area (Å²) >= 11 is 0. The van der Waals surface area contributed by atoms with Gasteiger partial charge in [0, 0.05) is 5.41 Å². The number of nitrogens with two attached hydrogens (primary N) is 1. The lowest BCUT2D eigenvalue weighted by Gasteiger charge is -2.12. The molecule has 0 aliphatic heterocycles. The average Bonchev–Trinajstić information content (AvgIpc) is 2.82. The first-order valence-electron chi connectivity index (χ1n) is 5.28. The molecule has 2 aromatic heterocycles. The predicted molar refractivity (Wildman–Crippen MR) is 73.0 cm³/mol. The lowest BCUT2D eigenvalue weighted by atomic mass is 9.94. The second-order valence-electron chi connectivity index (χ2n) is 4.68. The van der Waals surface area contributed by atoms with Gasteiger partial charge in [-0.1, -0.05) is 20.8 Å². The Labute approximate surface area is 107 Å². The maximum atomic E-state index is 5.75. The van der Waals surface area contributed by atoms with Crippen LogP contribution in [0.1, 0.15) is 32.4 Å². The molecule has 1 atom stereocenters. The van der Waals surface area contributed by atoms with E-state index in [4.69, 9.17) is 10.2 Å². The van der Waals surface area contributed by atoms with Crippen molar-refractivity contribution in [3.05, 3.63) is 29.4 Å². The molecule has 0 radical (unpaired) electrons. The Morgan fingerprint density at radius 1 is 1.41 bits per heavy atom. The minimum Gasteiger partial charge on any atom is -0.444 e. The summed E-state index contributed by atoms with van der Waals surface area (Å²) in [5.74, 6) is 2.39. The van der Waals surface area contributed by atoms with Gasteiger partial charge in [-0.2, -0.15) is 4.98 Å². The Kier molecular flexibility index (Phi) is 3.44. The molecule has 0 bridgehead atoms. The fourth-order valence-electron chi connectivity index (χ4n) is 1.22. The van der Waals surface area contributed by atoms with Crippen molar-refractivity contribution >= 4 is 25.4 Å². The molecule has 0 amide bonds. The number of hydrogen-bond acceptors (Lipinski definition) is 5. The SMILES string of the molecule is CC(C)(C)c1cnc(CS[s+]2ccnc2N)o1. The fourth-order valence-corrected chi connectivity index (χ4v) is 3.81. The molecule has 0 spiro atoms. The maximum Gasteiger partial charge on any atom is 0.350 e. The van der Waals surface area contributed by atoms with Crippen LogP contribution in [0.3, 0.4) is 0 Å². The summed E-state index contributed by atoms with van der Waals surface area (Å²) in [5.41, 5.74) is 5.75. The van der Waals surface area contributed by atoms with Gasteiger partial charge in [-0.3, -0.25) is 0 Å².